The maximum atomic E-state index is 15.4. The van der Waals surface area contributed by atoms with Gasteiger partial charge in [-0.05, 0) is 145 Å². The summed E-state index contributed by atoms with van der Waals surface area (Å²) in [5.41, 5.74) is 14.3. The highest BCUT2D eigenvalue weighted by Crippen LogP contribution is 2.48. The van der Waals surface area contributed by atoms with Gasteiger partial charge in [-0.1, -0.05) is 187 Å². The first-order valence-electron chi connectivity index (χ1n) is 31.0. The van der Waals surface area contributed by atoms with Gasteiger partial charge in [-0.2, -0.15) is 0 Å². The van der Waals surface area contributed by atoms with E-state index >= 15 is 4.79 Å². The summed E-state index contributed by atoms with van der Waals surface area (Å²) in [6.07, 6.45) is 5.39. The van der Waals surface area contributed by atoms with Gasteiger partial charge in [0.2, 0.25) is 0 Å². The molecule has 1 aromatic heterocycles. The van der Waals surface area contributed by atoms with Crippen LogP contribution in [-0.2, 0) is 41.9 Å². The van der Waals surface area contributed by atoms with Crippen molar-refractivity contribution in [3.63, 3.8) is 0 Å². The number of fused-ring (bicyclic) bond motifs is 12. The first-order valence-corrected chi connectivity index (χ1v) is 31.0. The van der Waals surface area contributed by atoms with Crippen LogP contribution in [0.15, 0.2) is 121 Å². The minimum Gasteiger partial charge on any atom is -0.507 e. The Balaban J connectivity index is 1.27. The predicted molar refractivity (Wildman–Crippen MR) is 350 cm³/mol. The van der Waals surface area contributed by atoms with Crippen LogP contribution in [0.5, 0.6) is 34.5 Å². The molecular weight excluding hydrogens is 1050 g/mol. The van der Waals surface area contributed by atoms with Crippen molar-refractivity contribution in [1.29, 1.82) is 0 Å². The Bertz CT molecular complexity index is 3980. The SMILES string of the molecule is CCCOc1c2cc(C(C)(C)C)cc1Cc1cc(C(C)(C)C)cc(c1OCCC)Cc1c(OCCC)c(cc3nc(C)c(C(=O)Oc4ccc5ccccc5c4-c4c(O)ccc5ccccc45)cc13)Cc1cc(C(C)(C)C)cc(c1OCCC)C2. The number of hydrogen-bond acceptors (Lipinski definition) is 8. The van der Waals surface area contributed by atoms with Gasteiger partial charge in [0.25, 0.3) is 0 Å². The number of carbonyl (C=O) groups is 1. The van der Waals surface area contributed by atoms with Crippen LogP contribution in [0.25, 0.3) is 43.6 Å². The third-order valence-corrected chi connectivity index (χ3v) is 16.6. The Morgan fingerprint density at radius 2 is 0.847 bits per heavy atom. The Morgan fingerprint density at radius 1 is 0.459 bits per heavy atom. The number of phenols is 1. The molecule has 1 N–H and O–H groups in total. The van der Waals surface area contributed by atoms with E-state index in [1.807, 2.05) is 79.7 Å². The number of pyridine rings is 1. The molecule has 0 saturated carbocycles. The van der Waals surface area contributed by atoms with E-state index in [1.165, 1.54) is 16.7 Å². The van der Waals surface area contributed by atoms with Crippen molar-refractivity contribution in [3.05, 3.63) is 194 Å². The van der Waals surface area contributed by atoms with Crippen molar-refractivity contribution in [3.8, 4) is 45.6 Å². The van der Waals surface area contributed by atoms with Crippen LogP contribution in [-0.4, -0.2) is 42.5 Å². The first kappa shape index (κ1) is 60.3. The second-order valence-electron chi connectivity index (χ2n) is 26.5. The number of aryl methyl sites for hydroxylation is 1. The summed E-state index contributed by atoms with van der Waals surface area (Å²) in [4.78, 5) is 20.8. The lowest BCUT2D eigenvalue weighted by atomic mass is 9.80. The topological polar surface area (TPSA) is 96.3 Å². The average molecular weight is 1140 g/mol. The van der Waals surface area contributed by atoms with Gasteiger partial charge in [0, 0.05) is 53.3 Å². The zero-order valence-corrected chi connectivity index (χ0v) is 52.9. The number of aromatic hydroxyl groups is 1. The lowest BCUT2D eigenvalue weighted by Crippen LogP contribution is -2.17. The molecule has 8 heteroatoms. The molecule has 442 valence electrons. The molecule has 0 spiro atoms. The Morgan fingerprint density at radius 3 is 1.28 bits per heavy atom. The van der Waals surface area contributed by atoms with E-state index in [0.29, 0.717) is 80.2 Å². The molecule has 85 heavy (non-hydrogen) atoms. The fourth-order valence-electron chi connectivity index (χ4n) is 12.0. The van der Waals surface area contributed by atoms with Crippen molar-refractivity contribution in [2.45, 2.75) is 165 Å². The fraction of sp³-hybridized carbons (Fsp3) is 0.377. The number of hydrogen-bond donors (Lipinski definition) is 1. The molecule has 9 aromatic rings. The minimum atomic E-state index is -0.560. The number of ether oxygens (including phenoxy) is 5. The largest absolute Gasteiger partial charge is 0.507 e. The summed E-state index contributed by atoms with van der Waals surface area (Å²) >= 11 is 0. The molecule has 8 aromatic carbocycles. The smallest absolute Gasteiger partial charge is 0.345 e. The molecule has 0 fully saturated rings. The van der Waals surface area contributed by atoms with Gasteiger partial charge in [0.15, 0.2) is 0 Å². The highest BCUT2D eigenvalue weighted by molar-refractivity contribution is 6.10. The molecule has 8 nitrogen and oxygen atoms in total. The number of phenolic OH excluding ortho intramolecular Hbond substituents is 1. The number of carbonyl (C=O) groups excluding carboxylic acids is 1. The normalized spacial score (nSPS) is 12.9. The Kier molecular flexibility index (Phi) is 17.5. The van der Waals surface area contributed by atoms with Crippen molar-refractivity contribution in [2.24, 2.45) is 0 Å². The second-order valence-corrected chi connectivity index (χ2v) is 26.5. The van der Waals surface area contributed by atoms with Crippen LogP contribution in [0.4, 0.5) is 0 Å². The molecule has 1 aliphatic carbocycles. The highest BCUT2D eigenvalue weighted by atomic mass is 16.5. The summed E-state index contributed by atoms with van der Waals surface area (Å²) in [5, 5.41) is 16.1. The highest BCUT2D eigenvalue weighted by Gasteiger charge is 2.31. The minimum absolute atomic E-state index is 0.0907. The monoisotopic (exact) mass is 1140 g/mol. The molecule has 0 saturated heterocycles. The van der Waals surface area contributed by atoms with E-state index < -0.39 is 5.97 Å². The van der Waals surface area contributed by atoms with E-state index in [-0.39, 0.29) is 22.0 Å². The van der Waals surface area contributed by atoms with E-state index in [2.05, 4.69) is 132 Å². The van der Waals surface area contributed by atoms with Gasteiger partial charge in [0.05, 0.1) is 43.2 Å². The molecule has 0 amide bonds. The third-order valence-electron chi connectivity index (χ3n) is 16.6. The molecule has 0 unspecified atom stereocenters. The van der Waals surface area contributed by atoms with Crippen LogP contribution in [0, 0.1) is 6.92 Å². The quantitative estimate of drug-likeness (QED) is 0.0801. The van der Waals surface area contributed by atoms with Gasteiger partial charge in [-0.3, -0.25) is 4.98 Å². The van der Waals surface area contributed by atoms with E-state index in [0.717, 1.165) is 126 Å². The van der Waals surface area contributed by atoms with Gasteiger partial charge in [-0.25, -0.2) is 4.79 Å². The summed E-state index contributed by atoms with van der Waals surface area (Å²) < 4.78 is 35.1. The van der Waals surface area contributed by atoms with E-state index in [1.54, 1.807) is 6.07 Å². The summed E-state index contributed by atoms with van der Waals surface area (Å²) in [5.74, 6) is 3.28. The first-order chi connectivity index (χ1) is 40.6. The number of nitrogens with zero attached hydrogens (tertiary/aromatic N) is 1. The predicted octanol–water partition coefficient (Wildman–Crippen LogP) is 19.2. The van der Waals surface area contributed by atoms with E-state index in [9.17, 15) is 5.11 Å². The van der Waals surface area contributed by atoms with E-state index in [4.69, 9.17) is 28.7 Å². The maximum absolute atomic E-state index is 15.4. The van der Waals surface area contributed by atoms with Crippen LogP contribution >= 0.6 is 0 Å². The van der Waals surface area contributed by atoms with Crippen molar-refractivity contribution >= 4 is 38.4 Å². The summed E-state index contributed by atoms with van der Waals surface area (Å²) in [6.45, 7) is 33.2. The Hall–Kier alpha value is -7.84. The van der Waals surface area contributed by atoms with Gasteiger partial charge >= 0.3 is 5.97 Å². The molecule has 1 aliphatic rings. The lowest BCUT2D eigenvalue weighted by Gasteiger charge is -2.29. The Labute approximate surface area is 504 Å². The molecular formula is C77H87NO7. The molecule has 10 rings (SSSR count). The van der Waals surface area contributed by atoms with Crippen LogP contribution in [0.3, 0.4) is 0 Å². The van der Waals surface area contributed by atoms with Crippen LogP contribution < -0.4 is 23.7 Å². The van der Waals surface area contributed by atoms with Gasteiger partial charge in [0.1, 0.15) is 34.5 Å². The zero-order valence-electron chi connectivity index (χ0n) is 52.9. The molecule has 0 atom stereocenters. The zero-order chi connectivity index (χ0) is 60.5. The average Bonchev–Trinajstić information content (AvgIpc) is 2.26. The third kappa shape index (κ3) is 12.6. The van der Waals surface area contributed by atoms with Crippen LogP contribution in [0.2, 0.25) is 0 Å². The molecule has 0 aliphatic heterocycles. The number of aromatic nitrogens is 1. The molecule has 8 bridgehead atoms. The maximum Gasteiger partial charge on any atom is 0.345 e. The summed E-state index contributed by atoms with van der Waals surface area (Å²) in [6, 6.07) is 41.7. The molecule has 1 heterocycles. The number of esters is 1. The molecule has 0 radical (unpaired) electrons. The van der Waals surface area contributed by atoms with Gasteiger partial charge < -0.3 is 28.8 Å². The second kappa shape index (κ2) is 24.6. The standard InChI is InChI=1S/C77H87NO7/c1-15-31-81-70-50-35-51-39-58(76(9,10)11)42-54(71(51)82-32-16-2)37-55-45-65-63(46-62(47(5)78-65)74(80)85-67-30-28-49-24-20-22-26-61(49)69(67)68-60-25-21-19-23-48(60)27-29-66(68)79)64(73(55)84-34-18-4)44-56-43-59(77(12,13)14)41-53(72(56)83-33-17-3)36-52(70)40-57(38-50)75(6,7)8/h19-30,38-43,45-46,79H,15-18,31-37,44H2,1-14H3. The van der Waals surface area contributed by atoms with Crippen molar-refractivity contribution in [1.82, 2.24) is 4.98 Å². The lowest BCUT2D eigenvalue weighted by molar-refractivity contribution is 0.0734. The van der Waals surface area contributed by atoms with Gasteiger partial charge in [-0.15, -0.1) is 0 Å². The van der Waals surface area contributed by atoms with Crippen LogP contribution in [0.1, 0.15) is 193 Å². The summed E-state index contributed by atoms with van der Waals surface area (Å²) in [7, 11) is 0. The van der Waals surface area contributed by atoms with Crippen molar-refractivity contribution < 1.29 is 33.6 Å². The number of rotatable bonds is 15. The van der Waals surface area contributed by atoms with Crippen molar-refractivity contribution in [2.75, 3.05) is 26.4 Å². The fourth-order valence-corrected chi connectivity index (χ4v) is 12.0. The number of benzene rings is 8.